The number of hydrogen-bond acceptors (Lipinski definition) is 2. The maximum atomic E-state index is 3.70. The highest BCUT2D eigenvalue weighted by molar-refractivity contribution is 5.82. The van der Waals surface area contributed by atoms with Crippen molar-refractivity contribution in [2.75, 3.05) is 10.2 Å². The van der Waals surface area contributed by atoms with Crippen LogP contribution >= 0.6 is 0 Å². The summed E-state index contributed by atoms with van der Waals surface area (Å²) in [5.74, 6) is 0. The molecule has 0 radical (unpaired) electrons. The summed E-state index contributed by atoms with van der Waals surface area (Å²) in [6, 6.07) is 36.6. The first-order chi connectivity index (χ1) is 23.4. The van der Waals surface area contributed by atoms with Crippen LogP contribution in [0.1, 0.15) is 114 Å². The first kappa shape index (κ1) is 37.0. The van der Waals surface area contributed by atoms with Gasteiger partial charge in [0, 0.05) is 22.7 Å². The molecule has 5 aromatic rings. The maximum absolute atomic E-state index is 3.70. The molecule has 50 heavy (non-hydrogen) atoms. The standard InChI is InChI=1S/C48H60N2/c1-14-48(13,15-2)38-20-26-43(27-21-38)50(45-34(5)30-40(31-35(45)6)47(10,11)12)42-24-18-37(19-25-42)36-16-22-41(23-17-36)49-44-32(3)28-39(29-33(44)4)46(7,8)9/h16-31,49H,14-15H2,1-13H3. The predicted octanol–water partition coefficient (Wildman–Crippen LogP) is 14.5. The molecule has 0 saturated heterocycles. The Labute approximate surface area is 304 Å². The fraction of sp³-hybridized carbons (Fsp3) is 0.375. The molecule has 5 rings (SSSR count). The molecule has 0 spiro atoms. The molecule has 1 N–H and O–H groups in total. The lowest BCUT2D eigenvalue weighted by molar-refractivity contribution is 0.439. The highest BCUT2D eigenvalue weighted by Crippen LogP contribution is 2.42. The molecule has 5 aromatic carbocycles. The highest BCUT2D eigenvalue weighted by Gasteiger charge is 2.25. The Morgan fingerprint density at radius 2 is 0.860 bits per heavy atom. The van der Waals surface area contributed by atoms with Gasteiger partial charge in [0.1, 0.15) is 0 Å². The Morgan fingerprint density at radius 1 is 0.480 bits per heavy atom. The van der Waals surface area contributed by atoms with E-state index in [-0.39, 0.29) is 16.2 Å². The van der Waals surface area contributed by atoms with Gasteiger partial charge in [-0.15, -0.1) is 0 Å². The molecule has 0 heterocycles. The molecule has 0 aliphatic heterocycles. The van der Waals surface area contributed by atoms with Crippen LogP contribution in [0.5, 0.6) is 0 Å². The average molecular weight is 665 g/mol. The van der Waals surface area contributed by atoms with Gasteiger partial charge in [0.15, 0.2) is 0 Å². The van der Waals surface area contributed by atoms with E-state index in [1.54, 1.807) is 0 Å². The Bertz CT molecular complexity index is 1880. The summed E-state index contributed by atoms with van der Waals surface area (Å²) < 4.78 is 0. The van der Waals surface area contributed by atoms with Crippen LogP contribution in [0.4, 0.5) is 28.4 Å². The van der Waals surface area contributed by atoms with Crippen LogP contribution in [0.15, 0.2) is 97.1 Å². The highest BCUT2D eigenvalue weighted by atomic mass is 15.1. The van der Waals surface area contributed by atoms with E-state index in [0.29, 0.717) is 0 Å². The second kappa shape index (κ2) is 14.1. The molecule has 0 aliphatic rings. The zero-order chi connectivity index (χ0) is 36.6. The molecule has 0 amide bonds. The maximum Gasteiger partial charge on any atom is 0.0520 e. The SMILES string of the molecule is CCC(C)(CC)c1ccc(N(c2ccc(-c3ccc(Nc4c(C)cc(C(C)(C)C)cc4C)cc3)cc2)c2c(C)cc(C(C)(C)C)cc2C)cc1. The lowest BCUT2D eigenvalue weighted by atomic mass is 9.78. The second-order valence-electron chi connectivity index (χ2n) is 16.8. The van der Waals surface area contributed by atoms with Crippen molar-refractivity contribution in [2.45, 2.75) is 119 Å². The molecule has 2 nitrogen and oxygen atoms in total. The number of benzene rings is 5. The zero-order valence-corrected chi connectivity index (χ0v) is 33.1. The summed E-state index contributed by atoms with van der Waals surface area (Å²) in [6.07, 6.45) is 2.25. The summed E-state index contributed by atoms with van der Waals surface area (Å²) in [6.45, 7) is 29.6. The van der Waals surface area contributed by atoms with Crippen LogP contribution in [0.3, 0.4) is 0 Å². The van der Waals surface area contributed by atoms with Crippen molar-refractivity contribution >= 4 is 28.4 Å². The molecular formula is C48H60N2. The molecule has 0 aromatic heterocycles. The van der Waals surface area contributed by atoms with Gasteiger partial charge in [-0.1, -0.05) is 123 Å². The van der Waals surface area contributed by atoms with Gasteiger partial charge in [-0.3, -0.25) is 0 Å². The van der Waals surface area contributed by atoms with Crippen LogP contribution < -0.4 is 10.2 Å². The number of nitrogens with one attached hydrogen (secondary N) is 1. The van der Waals surface area contributed by atoms with E-state index in [4.69, 9.17) is 0 Å². The Morgan fingerprint density at radius 3 is 1.26 bits per heavy atom. The molecule has 0 aliphatic carbocycles. The van der Waals surface area contributed by atoms with E-state index < -0.39 is 0 Å². The monoisotopic (exact) mass is 664 g/mol. The van der Waals surface area contributed by atoms with Gasteiger partial charge in [0.05, 0.1) is 5.69 Å². The minimum absolute atomic E-state index is 0.0898. The third kappa shape index (κ3) is 7.70. The lowest BCUT2D eigenvalue weighted by Crippen LogP contribution is -2.20. The zero-order valence-electron chi connectivity index (χ0n) is 33.1. The lowest BCUT2D eigenvalue weighted by Gasteiger charge is -2.32. The van der Waals surface area contributed by atoms with Crippen molar-refractivity contribution in [1.82, 2.24) is 0 Å². The minimum atomic E-state index is 0.0898. The van der Waals surface area contributed by atoms with E-state index in [1.807, 2.05) is 0 Å². The smallest absolute Gasteiger partial charge is 0.0520 e. The average Bonchev–Trinajstić information content (AvgIpc) is 3.07. The van der Waals surface area contributed by atoms with E-state index in [0.717, 1.165) is 24.2 Å². The molecule has 0 fully saturated rings. The first-order valence-electron chi connectivity index (χ1n) is 18.6. The van der Waals surface area contributed by atoms with Crippen molar-refractivity contribution in [3.05, 3.63) is 136 Å². The minimum Gasteiger partial charge on any atom is -0.355 e. The van der Waals surface area contributed by atoms with Gasteiger partial charge in [0.2, 0.25) is 0 Å². The summed E-state index contributed by atoms with van der Waals surface area (Å²) >= 11 is 0. The summed E-state index contributed by atoms with van der Waals surface area (Å²) in [4.78, 5) is 2.45. The van der Waals surface area contributed by atoms with Gasteiger partial charge in [-0.25, -0.2) is 0 Å². The Kier molecular flexibility index (Phi) is 10.5. The van der Waals surface area contributed by atoms with Crippen molar-refractivity contribution in [2.24, 2.45) is 0 Å². The van der Waals surface area contributed by atoms with E-state index in [2.05, 4.69) is 197 Å². The van der Waals surface area contributed by atoms with Crippen LogP contribution in [0, 0.1) is 27.7 Å². The van der Waals surface area contributed by atoms with Crippen LogP contribution in [-0.4, -0.2) is 0 Å². The predicted molar refractivity (Wildman–Crippen MR) is 221 cm³/mol. The van der Waals surface area contributed by atoms with Crippen LogP contribution in [0.2, 0.25) is 0 Å². The molecule has 0 atom stereocenters. The molecule has 262 valence electrons. The van der Waals surface area contributed by atoms with E-state index >= 15 is 0 Å². The van der Waals surface area contributed by atoms with Crippen molar-refractivity contribution < 1.29 is 0 Å². The van der Waals surface area contributed by atoms with Gasteiger partial charge in [0.25, 0.3) is 0 Å². The van der Waals surface area contributed by atoms with Crippen molar-refractivity contribution in [3.8, 4) is 11.1 Å². The fourth-order valence-electron chi connectivity index (χ4n) is 7.11. The Hall–Kier alpha value is -4.30. The third-order valence-electron chi connectivity index (χ3n) is 11.0. The van der Waals surface area contributed by atoms with Gasteiger partial charge >= 0.3 is 0 Å². The fourth-order valence-corrected chi connectivity index (χ4v) is 7.11. The third-order valence-corrected chi connectivity index (χ3v) is 11.0. The number of nitrogens with zero attached hydrogens (tertiary/aromatic N) is 1. The molecule has 0 saturated carbocycles. The largest absolute Gasteiger partial charge is 0.355 e. The van der Waals surface area contributed by atoms with Crippen molar-refractivity contribution in [1.29, 1.82) is 0 Å². The Balaban J connectivity index is 1.48. The summed E-state index contributed by atoms with van der Waals surface area (Å²) in [7, 11) is 0. The van der Waals surface area contributed by atoms with E-state index in [9.17, 15) is 0 Å². The van der Waals surface area contributed by atoms with Crippen molar-refractivity contribution in [3.63, 3.8) is 0 Å². The molecule has 0 bridgehead atoms. The van der Waals surface area contributed by atoms with Crippen LogP contribution in [0.25, 0.3) is 11.1 Å². The number of aryl methyl sites for hydroxylation is 4. The van der Waals surface area contributed by atoms with Crippen LogP contribution in [-0.2, 0) is 16.2 Å². The number of rotatable bonds is 9. The van der Waals surface area contributed by atoms with Gasteiger partial charge in [-0.05, 0) is 143 Å². The second-order valence-corrected chi connectivity index (χ2v) is 16.8. The first-order valence-corrected chi connectivity index (χ1v) is 18.6. The van der Waals surface area contributed by atoms with E-state index in [1.165, 1.54) is 67.1 Å². The molecular weight excluding hydrogens is 605 g/mol. The topological polar surface area (TPSA) is 15.3 Å². The number of anilines is 5. The summed E-state index contributed by atoms with van der Waals surface area (Å²) in [5.41, 5.74) is 18.0. The number of hydrogen-bond donors (Lipinski definition) is 1. The quantitative estimate of drug-likeness (QED) is 0.169. The summed E-state index contributed by atoms with van der Waals surface area (Å²) in [5, 5.41) is 3.70. The molecule has 2 heteroatoms. The van der Waals surface area contributed by atoms with Gasteiger partial charge < -0.3 is 10.2 Å². The molecule has 0 unspecified atom stereocenters. The normalized spacial score (nSPS) is 12.3. The van der Waals surface area contributed by atoms with Gasteiger partial charge in [-0.2, -0.15) is 0 Å².